The minimum Gasteiger partial charge on any atom is -0.478 e. The fraction of sp³-hybridized carbons (Fsp3) is 0.533. The van der Waals surface area contributed by atoms with Crippen molar-refractivity contribution in [2.75, 3.05) is 0 Å². The van der Waals surface area contributed by atoms with E-state index in [-0.39, 0.29) is 11.6 Å². The van der Waals surface area contributed by atoms with Gasteiger partial charge in [0.25, 0.3) is 0 Å². The molecule has 1 heterocycles. The first-order valence-corrected chi connectivity index (χ1v) is 7.21. The Morgan fingerprint density at radius 2 is 2.15 bits per heavy atom. The van der Waals surface area contributed by atoms with Crippen molar-refractivity contribution in [2.24, 2.45) is 0 Å². The average molecular weight is 275 g/mol. The zero-order valence-corrected chi connectivity index (χ0v) is 12.0. The first-order chi connectivity index (χ1) is 9.63. The van der Waals surface area contributed by atoms with Crippen molar-refractivity contribution in [3.05, 3.63) is 23.8 Å². The van der Waals surface area contributed by atoms with E-state index in [0.29, 0.717) is 0 Å². The number of carboxylic acid groups (broad SMARTS) is 1. The van der Waals surface area contributed by atoms with Crippen molar-refractivity contribution in [1.29, 1.82) is 0 Å². The topological polar surface area (TPSA) is 68.0 Å². The molecule has 20 heavy (non-hydrogen) atoms. The lowest BCUT2D eigenvalue weighted by atomic mass is 10.1. The zero-order chi connectivity index (χ0) is 14.5. The molecule has 0 aliphatic rings. The summed E-state index contributed by atoms with van der Waals surface area (Å²) in [5.74, 6) is -0.921. The van der Waals surface area contributed by atoms with Crippen molar-refractivity contribution < 1.29 is 9.90 Å². The molecule has 0 bridgehead atoms. The molecular weight excluding hydrogens is 254 g/mol. The average Bonchev–Trinajstić information content (AvgIpc) is 2.86. The Bertz CT molecular complexity index is 592. The molecule has 1 aromatic heterocycles. The maximum Gasteiger partial charge on any atom is 0.335 e. The second-order valence-corrected chi connectivity index (χ2v) is 5.24. The summed E-state index contributed by atoms with van der Waals surface area (Å²) in [7, 11) is 0. The van der Waals surface area contributed by atoms with Crippen LogP contribution in [0.25, 0.3) is 11.0 Å². The highest BCUT2D eigenvalue weighted by Gasteiger charge is 2.13. The number of rotatable bonds is 7. The van der Waals surface area contributed by atoms with Crippen LogP contribution in [0.1, 0.15) is 62.4 Å². The number of aromatic carboxylic acids is 1. The Kier molecular flexibility index (Phi) is 4.71. The van der Waals surface area contributed by atoms with E-state index in [9.17, 15) is 4.79 Å². The number of nitrogens with zero attached hydrogens (tertiary/aromatic N) is 3. The summed E-state index contributed by atoms with van der Waals surface area (Å²) in [6.45, 7) is 4.30. The standard InChI is InChI=1S/C15H21N3O2/c1-3-4-5-6-7-11(2)18-14-10-12(15(19)20)8-9-13(14)16-17-18/h8-11H,3-7H2,1-2H3,(H,19,20). The summed E-state index contributed by atoms with van der Waals surface area (Å²) in [4.78, 5) is 11.0. The normalized spacial score (nSPS) is 12.7. The van der Waals surface area contributed by atoms with Crippen molar-refractivity contribution in [1.82, 2.24) is 15.0 Å². The summed E-state index contributed by atoms with van der Waals surface area (Å²) >= 11 is 0. The fourth-order valence-corrected chi connectivity index (χ4v) is 2.38. The lowest BCUT2D eigenvalue weighted by molar-refractivity contribution is 0.0697. The molecule has 5 nitrogen and oxygen atoms in total. The van der Waals surface area contributed by atoms with Gasteiger partial charge in [-0.25, -0.2) is 9.48 Å². The fourth-order valence-electron chi connectivity index (χ4n) is 2.38. The van der Waals surface area contributed by atoms with Crippen molar-refractivity contribution in [2.45, 2.75) is 52.0 Å². The van der Waals surface area contributed by atoms with Crippen LogP contribution in [0.15, 0.2) is 18.2 Å². The molecule has 1 atom stereocenters. The van der Waals surface area contributed by atoms with E-state index in [2.05, 4.69) is 24.2 Å². The Labute approximate surface area is 118 Å². The van der Waals surface area contributed by atoms with Crippen molar-refractivity contribution in [3.8, 4) is 0 Å². The highest BCUT2D eigenvalue weighted by atomic mass is 16.4. The van der Waals surface area contributed by atoms with Gasteiger partial charge in [-0.2, -0.15) is 0 Å². The van der Waals surface area contributed by atoms with Crippen LogP contribution in [0.5, 0.6) is 0 Å². The number of carboxylic acids is 1. The summed E-state index contributed by atoms with van der Waals surface area (Å²) in [5.41, 5.74) is 1.82. The van der Waals surface area contributed by atoms with Crippen LogP contribution in [0.4, 0.5) is 0 Å². The van der Waals surface area contributed by atoms with Crippen LogP contribution in [0, 0.1) is 0 Å². The smallest absolute Gasteiger partial charge is 0.335 e. The molecule has 2 aromatic rings. The quantitative estimate of drug-likeness (QED) is 0.783. The number of hydrogen-bond donors (Lipinski definition) is 1. The minimum atomic E-state index is -0.921. The van der Waals surface area contributed by atoms with E-state index in [1.54, 1.807) is 18.2 Å². The molecule has 108 valence electrons. The van der Waals surface area contributed by atoms with Crippen LogP contribution in [-0.2, 0) is 0 Å². The third-order valence-electron chi connectivity index (χ3n) is 3.61. The van der Waals surface area contributed by atoms with E-state index in [1.165, 1.54) is 19.3 Å². The van der Waals surface area contributed by atoms with E-state index >= 15 is 0 Å². The third kappa shape index (κ3) is 3.15. The molecular formula is C15H21N3O2. The number of benzene rings is 1. The molecule has 0 radical (unpaired) electrons. The van der Waals surface area contributed by atoms with E-state index in [0.717, 1.165) is 23.9 Å². The molecule has 1 unspecified atom stereocenters. The molecule has 0 aliphatic carbocycles. The number of aromatic nitrogens is 3. The van der Waals surface area contributed by atoms with E-state index in [4.69, 9.17) is 5.11 Å². The third-order valence-corrected chi connectivity index (χ3v) is 3.61. The van der Waals surface area contributed by atoms with Gasteiger partial charge in [0.1, 0.15) is 5.52 Å². The second kappa shape index (κ2) is 6.50. The van der Waals surface area contributed by atoms with Crippen LogP contribution in [0.2, 0.25) is 0 Å². The highest BCUT2D eigenvalue weighted by molar-refractivity contribution is 5.92. The first-order valence-electron chi connectivity index (χ1n) is 7.21. The molecule has 0 saturated carbocycles. The molecule has 0 saturated heterocycles. The van der Waals surface area contributed by atoms with Gasteiger partial charge in [0, 0.05) is 0 Å². The highest BCUT2D eigenvalue weighted by Crippen LogP contribution is 2.21. The van der Waals surface area contributed by atoms with Crippen LogP contribution >= 0.6 is 0 Å². The van der Waals surface area contributed by atoms with Gasteiger partial charge in [-0.05, 0) is 31.5 Å². The van der Waals surface area contributed by atoms with Gasteiger partial charge in [-0.3, -0.25) is 0 Å². The first kappa shape index (κ1) is 14.5. The van der Waals surface area contributed by atoms with Gasteiger partial charge in [0.2, 0.25) is 0 Å². The monoisotopic (exact) mass is 275 g/mol. The van der Waals surface area contributed by atoms with E-state index < -0.39 is 5.97 Å². The number of unbranched alkanes of at least 4 members (excludes halogenated alkanes) is 3. The van der Waals surface area contributed by atoms with Gasteiger partial charge in [-0.1, -0.05) is 37.8 Å². The summed E-state index contributed by atoms with van der Waals surface area (Å²) in [6.07, 6.45) is 5.91. The lowest BCUT2D eigenvalue weighted by Gasteiger charge is -2.12. The predicted molar refractivity (Wildman–Crippen MR) is 78.0 cm³/mol. The number of hydrogen-bond acceptors (Lipinski definition) is 3. The van der Waals surface area contributed by atoms with Crippen LogP contribution in [0.3, 0.4) is 0 Å². The SMILES string of the molecule is CCCCCCC(C)n1nnc2ccc(C(=O)O)cc21. The number of carbonyl (C=O) groups is 1. The molecule has 0 aliphatic heterocycles. The Balaban J connectivity index is 2.16. The van der Waals surface area contributed by atoms with Crippen molar-refractivity contribution >= 4 is 17.0 Å². The van der Waals surface area contributed by atoms with Gasteiger partial charge in [0.05, 0.1) is 17.1 Å². The summed E-state index contributed by atoms with van der Waals surface area (Å²) in [6, 6.07) is 5.17. The Hall–Kier alpha value is -1.91. The van der Waals surface area contributed by atoms with Gasteiger partial charge in [0.15, 0.2) is 0 Å². The Morgan fingerprint density at radius 1 is 1.35 bits per heavy atom. The number of fused-ring (bicyclic) bond motifs is 1. The Morgan fingerprint density at radius 3 is 2.85 bits per heavy atom. The maximum atomic E-state index is 11.0. The molecule has 1 N–H and O–H groups in total. The van der Waals surface area contributed by atoms with Gasteiger partial charge >= 0.3 is 5.97 Å². The molecule has 0 amide bonds. The van der Waals surface area contributed by atoms with E-state index in [1.807, 2.05) is 4.68 Å². The van der Waals surface area contributed by atoms with Gasteiger partial charge in [-0.15, -0.1) is 5.10 Å². The maximum absolute atomic E-state index is 11.0. The predicted octanol–water partition coefficient (Wildman–Crippen LogP) is 3.66. The summed E-state index contributed by atoms with van der Waals surface area (Å²) < 4.78 is 1.84. The molecule has 2 rings (SSSR count). The molecule has 5 heteroatoms. The van der Waals surface area contributed by atoms with Crippen LogP contribution in [-0.4, -0.2) is 26.1 Å². The molecule has 0 spiro atoms. The largest absolute Gasteiger partial charge is 0.478 e. The lowest BCUT2D eigenvalue weighted by Crippen LogP contribution is -2.07. The minimum absolute atomic E-state index is 0.237. The molecule has 1 aromatic carbocycles. The van der Waals surface area contributed by atoms with Crippen molar-refractivity contribution in [3.63, 3.8) is 0 Å². The molecule has 0 fully saturated rings. The summed E-state index contributed by atoms with van der Waals surface area (Å²) in [5, 5.41) is 17.3. The zero-order valence-electron chi connectivity index (χ0n) is 12.0. The van der Waals surface area contributed by atoms with Crippen LogP contribution < -0.4 is 0 Å². The van der Waals surface area contributed by atoms with Gasteiger partial charge < -0.3 is 5.11 Å². The second-order valence-electron chi connectivity index (χ2n) is 5.24.